The molecule has 4 rings (SSSR count). The molecular formula is C21H27F2N3O3. The topological polar surface area (TPSA) is 68.8 Å². The number of halogens is 2. The fourth-order valence-corrected chi connectivity index (χ4v) is 4.05. The number of nitrogens with zero attached hydrogens (tertiary/aromatic N) is 2. The summed E-state index contributed by atoms with van der Waals surface area (Å²) >= 11 is 0. The number of hydrogen-bond acceptors (Lipinski definition) is 4. The number of fused-ring (bicyclic) bond motifs is 1. The van der Waals surface area contributed by atoms with Crippen molar-refractivity contribution in [2.24, 2.45) is 0 Å². The van der Waals surface area contributed by atoms with Crippen molar-refractivity contribution in [2.75, 3.05) is 32.8 Å². The second-order valence-electron chi connectivity index (χ2n) is 7.94. The van der Waals surface area contributed by atoms with Crippen molar-refractivity contribution in [3.8, 4) is 5.75 Å². The largest absolute Gasteiger partial charge is 0.494 e. The van der Waals surface area contributed by atoms with Crippen molar-refractivity contribution >= 4 is 16.8 Å². The molecule has 2 saturated heterocycles. The Balaban J connectivity index is 1.33. The van der Waals surface area contributed by atoms with Gasteiger partial charge in [-0.3, -0.25) is 9.69 Å². The Morgan fingerprint density at radius 1 is 1.24 bits per heavy atom. The molecule has 0 spiro atoms. The van der Waals surface area contributed by atoms with Gasteiger partial charge in [-0.1, -0.05) is 0 Å². The van der Waals surface area contributed by atoms with Crippen LogP contribution in [0.25, 0.3) is 10.9 Å². The lowest BCUT2D eigenvalue weighted by atomic mass is 10.1. The zero-order valence-electron chi connectivity index (χ0n) is 16.4. The number of ether oxygens (including phenoxy) is 1. The number of aliphatic hydroxyl groups is 1. The third-order valence-corrected chi connectivity index (χ3v) is 5.79. The number of aromatic amines is 1. The average Bonchev–Trinajstić information content (AvgIpc) is 3.30. The van der Waals surface area contributed by atoms with Crippen LogP contribution < -0.4 is 4.74 Å². The van der Waals surface area contributed by atoms with Gasteiger partial charge in [0.1, 0.15) is 17.7 Å². The van der Waals surface area contributed by atoms with Crippen LogP contribution in [0.4, 0.5) is 8.78 Å². The van der Waals surface area contributed by atoms with Gasteiger partial charge in [0.05, 0.1) is 6.61 Å². The van der Waals surface area contributed by atoms with Crippen molar-refractivity contribution in [1.29, 1.82) is 0 Å². The molecule has 0 saturated carbocycles. The first-order valence-corrected chi connectivity index (χ1v) is 10.3. The van der Waals surface area contributed by atoms with E-state index in [-0.39, 0.29) is 38.1 Å². The summed E-state index contributed by atoms with van der Waals surface area (Å²) in [7, 11) is 0. The van der Waals surface area contributed by atoms with E-state index in [0.29, 0.717) is 12.3 Å². The SMILES string of the molecule is O=C(c1cc2cc(OCCCN3CCCC3O)ccc2[nH]1)N1CCC(F)(F)CC1. The Kier molecular flexibility index (Phi) is 5.74. The number of amides is 1. The van der Waals surface area contributed by atoms with E-state index in [2.05, 4.69) is 9.88 Å². The second kappa shape index (κ2) is 8.28. The van der Waals surface area contributed by atoms with Crippen LogP contribution in [0.3, 0.4) is 0 Å². The summed E-state index contributed by atoms with van der Waals surface area (Å²) in [5, 5.41) is 10.7. The molecule has 2 aliphatic rings. The molecule has 3 heterocycles. The van der Waals surface area contributed by atoms with Crippen LogP contribution in [0.2, 0.25) is 0 Å². The molecule has 2 aliphatic heterocycles. The van der Waals surface area contributed by atoms with Crippen LogP contribution in [-0.2, 0) is 0 Å². The van der Waals surface area contributed by atoms with Crippen molar-refractivity contribution in [3.63, 3.8) is 0 Å². The highest BCUT2D eigenvalue weighted by Crippen LogP contribution is 2.29. The van der Waals surface area contributed by atoms with Crippen molar-refractivity contribution in [3.05, 3.63) is 30.0 Å². The zero-order chi connectivity index (χ0) is 20.4. The highest BCUT2D eigenvalue weighted by molar-refractivity contribution is 5.98. The minimum Gasteiger partial charge on any atom is -0.494 e. The summed E-state index contributed by atoms with van der Waals surface area (Å²) < 4.78 is 32.4. The second-order valence-corrected chi connectivity index (χ2v) is 7.94. The molecule has 2 N–H and O–H groups in total. The Labute approximate surface area is 168 Å². The molecule has 6 nitrogen and oxygen atoms in total. The van der Waals surface area contributed by atoms with Gasteiger partial charge in [-0.2, -0.15) is 0 Å². The van der Waals surface area contributed by atoms with Crippen LogP contribution >= 0.6 is 0 Å². The minimum absolute atomic E-state index is 0.0707. The first-order valence-electron chi connectivity index (χ1n) is 10.3. The molecule has 0 aliphatic carbocycles. The Morgan fingerprint density at radius 3 is 2.76 bits per heavy atom. The number of nitrogens with one attached hydrogen (secondary N) is 1. The molecule has 8 heteroatoms. The lowest BCUT2D eigenvalue weighted by Crippen LogP contribution is -2.42. The van der Waals surface area contributed by atoms with E-state index in [4.69, 9.17) is 4.74 Å². The van der Waals surface area contributed by atoms with Crippen molar-refractivity contribution < 1.29 is 23.4 Å². The maximum absolute atomic E-state index is 13.3. The summed E-state index contributed by atoms with van der Waals surface area (Å²) in [4.78, 5) is 19.2. The number of carbonyl (C=O) groups excluding carboxylic acids is 1. The van der Waals surface area contributed by atoms with Gasteiger partial charge in [-0.05, 0) is 43.5 Å². The molecule has 1 aromatic heterocycles. The fraction of sp³-hybridized carbons (Fsp3) is 0.571. The van der Waals surface area contributed by atoms with Gasteiger partial charge in [0, 0.05) is 49.9 Å². The van der Waals surface area contributed by atoms with Gasteiger partial charge in [-0.15, -0.1) is 0 Å². The van der Waals surface area contributed by atoms with E-state index in [1.54, 1.807) is 6.07 Å². The number of aromatic nitrogens is 1. The Hall–Kier alpha value is -2.19. The number of likely N-dealkylation sites (tertiary alicyclic amines) is 2. The smallest absolute Gasteiger partial charge is 0.270 e. The molecule has 0 radical (unpaired) electrons. The van der Waals surface area contributed by atoms with Gasteiger partial charge < -0.3 is 19.7 Å². The van der Waals surface area contributed by atoms with E-state index in [9.17, 15) is 18.7 Å². The first-order chi connectivity index (χ1) is 13.9. The molecule has 158 valence electrons. The average molecular weight is 407 g/mol. The number of hydrogen-bond donors (Lipinski definition) is 2. The van der Waals surface area contributed by atoms with Gasteiger partial charge >= 0.3 is 0 Å². The van der Waals surface area contributed by atoms with Crippen LogP contribution in [0.1, 0.15) is 42.6 Å². The number of H-pyrrole nitrogens is 1. The van der Waals surface area contributed by atoms with E-state index in [0.717, 1.165) is 49.0 Å². The van der Waals surface area contributed by atoms with Gasteiger partial charge in [-0.25, -0.2) is 8.78 Å². The lowest BCUT2D eigenvalue weighted by molar-refractivity contribution is -0.0495. The monoisotopic (exact) mass is 407 g/mol. The van der Waals surface area contributed by atoms with Crippen molar-refractivity contribution in [2.45, 2.75) is 44.3 Å². The van der Waals surface area contributed by atoms with E-state index >= 15 is 0 Å². The van der Waals surface area contributed by atoms with Gasteiger partial charge in [0.2, 0.25) is 0 Å². The molecule has 29 heavy (non-hydrogen) atoms. The number of carbonyl (C=O) groups is 1. The quantitative estimate of drug-likeness (QED) is 0.722. The normalized spacial score (nSPS) is 22.3. The molecule has 1 aromatic carbocycles. The van der Waals surface area contributed by atoms with Crippen molar-refractivity contribution in [1.82, 2.24) is 14.8 Å². The predicted molar refractivity (Wildman–Crippen MR) is 105 cm³/mol. The molecular weight excluding hydrogens is 380 g/mol. The number of piperidine rings is 1. The highest BCUT2D eigenvalue weighted by Gasteiger charge is 2.36. The highest BCUT2D eigenvalue weighted by atomic mass is 19.3. The van der Waals surface area contributed by atoms with E-state index in [1.807, 2.05) is 18.2 Å². The predicted octanol–water partition coefficient (Wildman–Crippen LogP) is 3.22. The van der Waals surface area contributed by atoms with Crippen LogP contribution in [0.15, 0.2) is 24.3 Å². The summed E-state index contributed by atoms with van der Waals surface area (Å²) in [5.41, 5.74) is 1.22. The zero-order valence-corrected chi connectivity index (χ0v) is 16.4. The minimum atomic E-state index is -2.67. The fourth-order valence-electron chi connectivity index (χ4n) is 4.05. The molecule has 1 atom stereocenters. The first kappa shape index (κ1) is 20.1. The van der Waals surface area contributed by atoms with E-state index < -0.39 is 5.92 Å². The third kappa shape index (κ3) is 4.70. The number of alkyl halides is 2. The lowest BCUT2D eigenvalue weighted by Gasteiger charge is -2.31. The van der Waals surface area contributed by atoms with Crippen LogP contribution in [0.5, 0.6) is 5.75 Å². The Bertz CT molecular complexity index is 860. The molecule has 1 unspecified atom stereocenters. The number of benzene rings is 1. The van der Waals surface area contributed by atoms with Gasteiger partial charge in [0.15, 0.2) is 0 Å². The number of aliphatic hydroxyl groups excluding tert-OH is 1. The summed E-state index contributed by atoms with van der Waals surface area (Å²) in [6.07, 6.45) is 1.80. The van der Waals surface area contributed by atoms with Crippen LogP contribution in [0, 0.1) is 0 Å². The molecule has 2 fully saturated rings. The molecule has 1 amide bonds. The Morgan fingerprint density at radius 2 is 2.03 bits per heavy atom. The molecule has 2 aromatic rings. The summed E-state index contributed by atoms with van der Waals surface area (Å²) in [6, 6.07) is 7.32. The maximum Gasteiger partial charge on any atom is 0.270 e. The third-order valence-electron chi connectivity index (χ3n) is 5.79. The van der Waals surface area contributed by atoms with Crippen LogP contribution in [-0.4, -0.2) is 70.7 Å². The summed E-state index contributed by atoms with van der Waals surface area (Å²) in [6.45, 7) is 2.43. The summed E-state index contributed by atoms with van der Waals surface area (Å²) in [5.74, 6) is -2.20. The number of rotatable bonds is 6. The standard InChI is InChI=1S/C21H27F2N3O3/c22-21(23)6-10-26(11-7-21)20(28)18-14-15-13-16(4-5-17(15)24-18)29-12-2-9-25-8-1-3-19(25)27/h4-5,13-14,19,24,27H,1-3,6-12H2. The van der Waals surface area contributed by atoms with E-state index in [1.165, 1.54) is 4.90 Å². The van der Waals surface area contributed by atoms with Gasteiger partial charge in [0.25, 0.3) is 11.8 Å². The maximum atomic E-state index is 13.3. The molecule has 0 bridgehead atoms.